The van der Waals surface area contributed by atoms with E-state index >= 15 is 0 Å². The molecule has 0 unspecified atom stereocenters. The normalized spacial score (nSPS) is 11.6. The van der Waals surface area contributed by atoms with E-state index in [9.17, 15) is 4.39 Å². The summed E-state index contributed by atoms with van der Waals surface area (Å²) in [5.74, 6) is -0.189. The quantitative estimate of drug-likeness (QED) is 0.825. The maximum Gasteiger partial charge on any atom is 0.123 e. The second-order valence-corrected chi connectivity index (χ2v) is 5.37. The van der Waals surface area contributed by atoms with Gasteiger partial charge in [-0.3, -0.25) is 0 Å². The minimum atomic E-state index is -0.189. The smallest absolute Gasteiger partial charge is 0.123 e. The summed E-state index contributed by atoms with van der Waals surface area (Å²) in [4.78, 5) is 2.14. The van der Waals surface area contributed by atoms with E-state index in [1.54, 1.807) is 0 Å². The third kappa shape index (κ3) is 4.73. The summed E-state index contributed by atoms with van der Waals surface area (Å²) in [7, 11) is 2.03. The van der Waals surface area contributed by atoms with Crippen molar-refractivity contribution in [2.45, 2.75) is 26.7 Å². The first kappa shape index (κ1) is 14.0. The van der Waals surface area contributed by atoms with Crippen molar-refractivity contribution in [3.8, 4) is 0 Å². The Hall–Kier alpha value is -1.09. The van der Waals surface area contributed by atoms with Crippen molar-refractivity contribution in [3.05, 3.63) is 30.1 Å². The molecule has 0 spiro atoms. The van der Waals surface area contributed by atoms with Crippen molar-refractivity contribution < 1.29 is 4.39 Å². The zero-order chi connectivity index (χ0) is 12.9. The van der Waals surface area contributed by atoms with Crippen molar-refractivity contribution in [1.82, 2.24) is 0 Å². The highest BCUT2D eigenvalue weighted by Gasteiger charge is 2.15. The van der Waals surface area contributed by atoms with Gasteiger partial charge in [0.15, 0.2) is 0 Å². The van der Waals surface area contributed by atoms with Gasteiger partial charge in [-0.15, -0.1) is 0 Å². The van der Waals surface area contributed by atoms with E-state index in [1.807, 2.05) is 19.2 Å². The van der Waals surface area contributed by atoms with Gasteiger partial charge in [0.25, 0.3) is 0 Å². The van der Waals surface area contributed by atoms with Gasteiger partial charge >= 0.3 is 0 Å². The van der Waals surface area contributed by atoms with Gasteiger partial charge in [0.1, 0.15) is 5.82 Å². The lowest BCUT2D eigenvalue weighted by molar-refractivity contribution is 0.338. The number of hydrogen-bond acceptors (Lipinski definition) is 2. The first-order chi connectivity index (χ1) is 7.94. The molecule has 0 amide bonds. The zero-order valence-corrected chi connectivity index (χ0v) is 11.0. The molecular formula is C14H23FN2. The van der Waals surface area contributed by atoms with Crippen molar-refractivity contribution in [2.24, 2.45) is 11.1 Å². The van der Waals surface area contributed by atoms with Crippen LogP contribution in [0.3, 0.4) is 0 Å². The van der Waals surface area contributed by atoms with Gasteiger partial charge in [0, 0.05) is 19.3 Å². The molecule has 96 valence electrons. The molecule has 0 radical (unpaired) electrons. The highest BCUT2D eigenvalue weighted by atomic mass is 19.1. The van der Waals surface area contributed by atoms with Crippen molar-refractivity contribution in [3.63, 3.8) is 0 Å². The van der Waals surface area contributed by atoms with Crippen LogP contribution < -0.4 is 10.6 Å². The number of anilines is 1. The molecule has 0 saturated carbocycles. The van der Waals surface area contributed by atoms with Crippen molar-refractivity contribution in [1.29, 1.82) is 0 Å². The summed E-state index contributed by atoms with van der Waals surface area (Å²) in [6.07, 6.45) is 2.20. The average Bonchev–Trinajstić information content (AvgIpc) is 2.29. The number of halogens is 1. The summed E-state index contributed by atoms with van der Waals surface area (Å²) in [6, 6.07) is 6.61. The lowest BCUT2D eigenvalue weighted by Crippen LogP contribution is -2.26. The fourth-order valence-corrected chi connectivity index (χ4v) is 1.72. The highest BCUT2D eigenvalue weighted by molar-refractivity contribution is 5.45. The maximum absolute atomic E-state index is 12.8. The third-order valence-corrected chi connectivity index (χ3v) is 3.17. The number of nitrogens with two attached hydrogens (primary N) is 1. The van der Waals surface area contributed by atoms with Gasteiger partial charge in [-0.1, -0.05) is 13.8 Å². The molecule has 0 fully saturated rings. The van der Waals surface area contributed by atoms with E-state index < -0.39 is 0 Å². The summed E-state index contributed by atoms with van der Waals surface area (Å²) in [5, 5.41) is 0. The monoisotopic (exact) mass is 238 g/mol. The Labute approximate surface area is 104 Å². The van der Waals surface area contributed by atoms with E-state index in [1.165, 1.54) is 12.1 Å². The molecule has 0 heterocycles. The molecule has 1 aromatic rings. The van der Waals surface area contributed by atoms with E-state index in [-0.39, 0.29) is 11.2 Å². The fraction of sp³-hybridized carbons (Fsp3) is 0.571. The largest absolute Gasteiger partial charge is 0.375 e. The van der Waals surface area contributed by atoms with Crippen LogP contribution in [0.1, 0.15) is 26.7 Å². The second-order valence-electron chi connectivity index (χ2n) is 5.37. The predicted molar refractivity (Wildman–Crippen MR) is 71.7 cm³/mol. The molecule has 2 nitrogen and oxygen atoms in total. The van der Waals surface area contributed by atoms with Crippen LogP contribution in [0.5, 0.6) is 0 Å². The Balaban J connectivity index is 2.40. The minimum Gasteiger partial charge on any atom is -0.375 e. The van der Waals surface area contributed by atoms with Crippen LogP contribution in [0.2, 0.25) is 0 Å². The Kier molecular flexibility index (Phi) is 4.94. The van der Waals surface area contributed by atoms with Gasteiger partial charge in [-0.05, 0) is 49.1 Å². The molecule has 0 aromatic heterocycles. The molecule has 0 aliphatic carbocycles. The Morgan fingerprint density at radius 2 is 1.82 bits per heavy atom. The molecule has 1 aromatic carbocycles. The fourth-order valence-electron chi connectivity index (χ4n) is 1.72. The van der Waals surface area contributed by atoms with Crippen LogP contribution >= 0.6 is 0 Å². The molecule has 0 saturated heterocycles. The number of benzene rings is 1. The van der Waals surface area contributed by atoms with Gasteiger partial charge in [0.2, 0.25) is 0 Å². The predicted octanol–water partition coefficient (Wildman–Crippen LogP) is 3.03. The first-order valence-corrected chi connectivity index (χ1v) is 6.11. The lowest BCUT2D eigenvalue weighted by Gasteiger charge is -2.25. The maximum atomic E-state index is 12.8. The van der Waals surface area contributed by atoms with Crippen LogP contribution in [0, 0.1) is 11.2 Å². The molecule has 1 rings (SSSR count). The molecule has 3 heteroatoms. The lowest BCUT2D eigenvalue weighted by atomic mass is 9.88. The SMILES string of the molecule is CN(CCCC(C)(C)CN)c1ccc(F)cc1. The molecule has 0 atom stereocenters. The molecule has 2 N–H and O–H groups in total. The van der Waals surface area contributed by atoms with E-state index in [4.69, 9.17) is 5.73 Å². The zero-order valence-electron chi connectivity index (χ0n) is 11.0. The van der Waals surface area contributed by atoms with Crippen LogP contribution in [-0.4, -0.2) is 20.1 Å². The molecule has 17 heavy (non-hydrogen) atoms. The van der Waals surface area contributed by atoms with Crippen LogP contribution in [0.4, 0.5) is 10.1 Å². The molecule has 0 bridgehead atoms. The Morgan fingerprint density at radius 1 is 1.24 bits per heavy atom. The Morgan fingerprint density at radius 3 is 2.35 bits per heavy atom. The van der Waals surface area contributed by atoms with Crippen LogP contribution in [0.15, 0.2) is 24.3 Å². The summed E-state index contributed by atoms with van der Waals surface area (Å²) in [6.45, 7) is 6.05. The number of nitrogens with zero attached hydrogens (tertiary/aromatic N) is 1. The standard InChI is InChI=1S/C14H23FN2/c1-14(2,11-16)9-4-10-17(3)13-7-5-12(15)6-8-13/h5-8H,4,9-11,16H2,1-3H3. The van der Waals surface area contributed by atoms with E-state index in [0.29, 0.717) is 6.54 Å². The molecular weight excluding hydrogens is 215 g/mol. The average molecular weight is 238 g/mol. The van der Waals surface area contributed by atoms with Gasteiger partial charge in [-0.25, -0.2) is 4.39 Å². The van der Waals surface area contributed by atoms with Gasteiger partial charge in [-0.2, -0.15) is 0 Å². The molecule has 0 aliphatic rings. The first-order valence-electron chi connectivity index (χ1n) is 6.11. The highest BCUT2D eigenvalue weighted by Crippen LogP contribution is 2.21. The van der Waals surface area contributed by atoms with E-state index in [2.05, 4.69) is 18.7 Å². The van der Waals surface area contributed by atoms with Crippen LogP contribution in [0.25, 0.3) is 0 Å². The minimum absolute atomic E-state index is 0.189. The van der Waals surface area contributed by atoms with Gasteiger partial charge in [0.05, 0.1) is 0 Å². The van der Waals surface area contributed by atoms with Crippen molar-refractivity contribution in [2.75, 3.05) is 25.0 Å². The summed E-state index contributed by atoms with van der Waals surface area (Å²) >= 11 is 0. The topological polar surface area (TPSA) is 29.3 Å². The van der Waals surface area contributed by atoms with Crippen LogP contribution in [-0.2, 0) is 0 Å². The summed E-state index contributed by atoms with van der Waals surface area (Å²) in [5.41, 5.74) is 6.96. The van der Waals surface area contributed by atoms with Gasteiger partial charge < -0.3 is 10.6 Å². The molecule has 0 aliphatic heterocycles. The number of hydrogen-bond donors (Lipinski definition) is 1. The number of rotatable bonds is 6. The Bertz CT molecular complexity index is 333. The van der Waals surface area contributed by atoms with E-state index in [0.717, 1.165) is 25.1 Å². The summed E-state index contributed by atoms with van der Waals surface area (Å²) < 4.78 is 12.8. The second kappa shape index (κ2) is 6.01. The third-order valence-electron chi connectivity index (χ3n) is 3.17. The van der Waals surface area contributed by atoms with Crippen molar-refractivity contribution >= 4 is 5.69 Å².